The number of thiophene rings is 1. The molecule has 0 spiro atoms. The standard InChI is InChI=1S/C13H16N2S.2ClH/c14-11-5-6-15(8-11)9-12-7-10-3-1-2-4-13(10)16-12;;/h1-4,7,11H,5-6,8-9,14H2;2*1H/t11-;;/m0../s1. The van der Waals surface area contributed by atoms with Crippen LogP contribution >= 0.6 is 36.2 Å². The molecule has 0 bridgehead atoms. The molecule has 1 saturated heterocycles. The van der Waals surface area contributed by atoms with Crippen molar-refractivity contribution in [1.82, 2.24) is 4.90 Å². The van der Waals surface area contributed by atoms with Gasteiger partial charge in [-0.25, -0.2) is 0 Å². The Labute approximate surface area is 124 Å². The van der Waals surface area contributed by atoms with Gasteiger partial charge in [-0.3, -0.25) is 4.90 Å². The molecule has 0 amide bonds. The summed E-state index contributed by atoms with van der Waals surface area (Å²) in [7, 11) is 0. The van der Waals surface area contributed by atoms with Crippen molar-refractivity contribution in [2.75, 3.05) is 13.1 Å². The summed E-state index contributed by atoms with van der Waals surface area (Å²) in [4.78, 5) is 3.91. The molecular formula is C13H18Cl2N2S. The van der Waals surface area contributed by atoms with E-state index in [1.807, 2.05) is 11.3 Å². The molecular weight excluding hydrogens is 287 g/mol. The molecule has 1 aromatic heterocycles. The van der Waals surface area contributed by atoms with Gasteiger partial charge in [0.25, 0.3) is 0 Å². The second-order valence-corrected chi connectivity index (χ2v) is 5.70. The lowest BCUT2D eigenvalue weighted by Crippen LogP contribution is -2.25. The van der Waals surface area contributed by atoms with Gasteiger partial charge in [0.2, 0.25) is 0 Å². The SMILES string of the molecule is Cl.Cl.N[C@H]1CCN(Cc2cc3ccccc3s2)C1. The molecule has 0 saturated carbocycles. The van der Waals surface area contributed by atoms with Gasteiger partial charge in [-0.05, 0) is 23.9 Å². The smallest absolute Gasteiger partial charge is 0.0346 e. The van der Waals surface area contributed by atoms with Crippen molar-refractivity contribution >= 4 is 46.2 Å². The maximum atomic E-state index is 5.92. The van der Waals surface area contributed by atoms with E-state index < -0.39 is 0 Å². The lowest BCUT2D eigenvalue weighted by molar-refractivity contribution is 0.330. The van der Waals surface area contributed by atoms with E-state index in [1.165, 1.54) is 15.0 Å². The number of fused-ring (bicyclic) bond motifs is 1. The monoisotopic (exact) mass is 304 g/mol. The van der Waals surface area contributed by atoms with Gasteiger partial charge in [0, 0.05) is 35.3 Å². The van der Waals surface area contributed by atoms with Gasteiger partial charge in [-0.1, -0.05) is 18.2 Å². The molecule has 1 atom stereocenters. The van der Waals surface area contributed by atoms with Crippen molar-refractivity contribution < 1.29 is 0 Å². The Hall–Kier alpha value is -0.320. The van der Waals surface area contributed by atoms with Crippen LogP contribution in [0.4, 0.5) is 0 Å². The summed E-state index contributed by atoms with van der Waals surface area (Å²) in [6, 6.07) is 11.3. The molecule has 2 heterocycles. The summed E-state index contributed by atoms with van der Waals surface area (Å²) in [5.41, 5.74) is 5.92. The van der Waals surface area contributed by atoms with E-state index in [9.17, 15) is 0 Å². The molecule has 3 rings (SSSR count). The second-order valence-electron chi connectivity index (χ2n) is 4.53. The van der Waals surface area contributed by atoms with Gasteiger partial charge in [0.1, 0.15) is 0 Å². The third kappa shape index (κ3) is 3.37. The predicted molar refractivity (Wildman–Crippen MR) is 84.2 cm³/mol. The molecule has 18 heavy (non-hydrogen) atoms. The van der Waals surface area contributed by atoms with Crippen LogP contribution in [-0.2, 0) is 6.54 Å². The minimum Gasteiger partial charge on any atom is -0.326 e. The van der Waals surface area contributed by atoms with E-state index in [1.54, 1.807) is 0 Å². The van der Waals surface area contributed by atoms with Gasteiger partial charge in [0.15, 0.2) is 0 Å². The van der Waals surface area contributed by atoms with Crippen LogP contribution in [0.25, 0.3) is 10.1 Å². The Morgan fingerprint density at radius 1 is 1.28 bits per heavy atom. The Balaban J connectivity index is 0.000000810. The minimum absolute atomic E-state index is 0. The number of nitrogens with two attached hydrogens (primary N) is 1. The maximum absolute atomic E-state index is 5.92. The second kappa shape index (κ2) is 6.73. The lowest BCUT2D eigenvalue weighted by Gasteiger charge is -2.12. The van der Waals surface area contributed by atoms with E-state index >= 15 is 0 Å². The molecule has 0 radical (unpaired) electrons. The highest BCUT2D eigenvalue weighted by Gasteiger charge is 2.19. The first-order valence-electron chi connectivity index (χ1n) is 5.77. The Kier molecular flexibility index (Phi) is 5.89. The zero-order valence-electron chi connectivity index (χ0n) is 10.0. The fraction of sp³-hybridized carbons (Fsp3) is 0.385. The van der Waals surface area contributed by atoms with Gasteiger partial charge in [-0.15, -0.1) is 36.2 Å². The summed E-state index contributed by atoms with van der Waals surface area (Å²) in [5.74, 6) is 0. The van der Waals surface area contributed by atoms with Crippen LogP contribution in [0, 0.1) is 0 Å². The van der Waals surface area contributed by atoms with Crippen LogP contribution in [0.2, 0.25) is 0 Å². The number of nitrogens with zero attached hydrogens (tertiary/aromatic N) is 1. The summed E-state index contributed by atoms with van der Waals surface area (Å²) in [6.07, 6.45) is 1.14. The van der Waals surface area contributed by atoms with Gasteiger partial charge >= 0.3 is 0 Å². The van der Waals surface area contributed by atoms with Crippen molar-refractivity contribution in [2.45, 2.75) is 19.0 Å². The topological polar surface area (TPSA) is 29.3 Å². The van der Waals surface area contributed by atoms with Gasteiger partial charge < -0.3 is 5.73 Å². The van der Waals surface area contributed by atoms with Gasteiger partial charge in [-0.2, -0.15) is 0 Å². The predicted octanol–water partition coefficient (Wildman–Crippen LogP) is 3.28. The number of halogens is 2. The first-order valence-corrected chi connectivity index (χ1v) is 6.58. The molecule has 5 heteroatoms. The highest BCUT2D eigenvalue weighted by molar-refractivity contribution is 7.19. The van der Waals surface area contributed by atoms with Crippen molar-refractivity contribution in [1.29, 1.82) is 0 Å². The summed E-state index contributed by atoms with van der Waals surface area (Å²) in [5, 5.41) is 1.37. The normalized spacial score (nSPS) is 19.5. The summed E-state index contributed by atoms with van der Waals surface area (Å²) in [6.45, 7) is 3.26. The first kappa shape index (κ1) is 15.7. The molecule has 1 aromatic carbocycles. The number of hydrogen-bond acceptors (Lipinski definition) is 3. The lowest BCUT2D eigenvalue weighted by atomic mass is 10.2. The highest BCUT2D eigenvalue weighted by atomic mass is 35.5. The van der Waals surface area contributed by atoms with E-state index in [0.717, 1.165) is 26.1 Å². The molecule has 1 aliphatic rings. The molecule has 0 unspecified atom stereocenters. The summed E-state index contributed by atoms with van der Waals surface area (Å²) >= 11 is 1.90. The fourth-order valence-corrected chi connectivity index (χ4v) is 3.45. The average molecular weight is 305 g/mol. The zero-order chi connectivity index (χ0) is 11.0. The quantitative estimate of drug-likeness (QED) is 0.922. The average Bonchev–Trinajstić information content (AvgIpc) is 2.84. The number of likely N-dealkylation sites (tertiary alicyclic amines) is 1. The Morgan fingerprint density at radius 3 is 2.72 bits per heavy atom. The van der Waals surface area contributed by atoms with Crippen LogP contribution in [0.3, 0.4) is 0 Å². The molecule has 100 valence electrons. The van der Waals surface area contributed by atoms with Crippen LogP contribution in [0.15, 0.2) is 30.3 Å². The number of benzene rings is 1. The third-order valence-electron chi connectivity index (χ3n) is 3.16. The van der Waals surface area contributed by atoms with Crippen molar-refractivity contribution in [3.8, 4) is 0 Å². The van der Waals surface area contributed by atoms with E-state index in [4.69, 9.17) is 5.73 Å². The van der Waals surface area contributed by atoms with E-state index in [-0.39, 0.29) is 24.8 Å². The summed E-state index contributed by atoms with van der Waals surface area (Å²) < 4.78 is 1.39. The van der Waals surface area contributed by atoms with Gasteiger partial charge in [0.05, 0.1) is 0 Å². The van der Waals surface area contributed by atoms with E-state index in [2.05, 4.69) is 35.2 Å². The van der Waals surface area contributed by atoms with Crippen LogP contribution in [-0.4, -0.2) is 24.0 Å². The number of hydrogen-bond donors (Lipinski definition) is 1. The largest absolute Gasteiger partial charge is 0.326 e. The maximum Gasteiger partial charge on any atom is 0.0346 e. The van der Waals surface area contributed by atoms with Crippen molar-refractivity contribution in [3.63, 3.8) is 0 Å². The fourth-order valence-electron chi connectivity index (χ4n) is 2.34. The van der Waals surface area contributed by atoms with Crippen molar-refractivity contribution in [3.05, 3.63) is 35.2 Å². The van der Waals surface area contributed by atoms with Crippen molar-refractivity contribution in [2.24, 2.45) is 5.73 Å². The molecule has 2 N–H and O–H groups in total. The molecule has 2 nitrogen and oxygen atoms in total. The third-order valence-corrected chi connectivity index (χ3v) is 4.27. The number of rotatable bonds is 2. The molecule has 1 fully saturated rings. The van der Waals surface area contributed by atoms with Crippen LogP contribution in [0.1, 0.15) is 11.3 Å². The molecule has 0 aliphatic carbocycles. The Bertz CT molecular complexity index is 467. The first-order chi connectivity index (χ1) is 7.81. The van der Waals surface area contributed by atoms with E-state index in [0.29, 0.717) is 6.04 Å². The van der Waals surface area contributed by atoms with Crippen LogP contribution < -0.4 is 5.73 Å². The molecule has 1 aliphatic heterocycles. The van der Waals surface area contributed by atoms with Crippen LogP contribution in [0.5, 0.6) is 0 Å². The zero-order valence-corrected chi connectivity index (χ0v) is 12.5. The molecule has 2 aromatic rings. The highest BCUT2D eigenvalue weighted by Crippen LogP contribution is 2.26. The minimum atomic E-state index is 0. The Morgan fingerprint density at radius 2 is 2.06 bits per heavy atom.